The van der Waals surface area contributed by atoms with Crippen LogP contribution in [0.15, 0.2) is 29.0 Å². The molecule has 0 N–H and O–H groups in total. The smallest absolute Gasteiger partial charge is 0.341 e. The van der Waals surface area contributed by atoms with Gasteiger partial charge in [-0.1, -0.05) is 0 Å². The van der Waals surface area contributed by atoms with Gasteiger partial charge in [-0.15, -0.1) is 0 Å². The van der Waals surface area contributed by atoms with Gasteiger partial charge in [0.15, 0.2) is 0 Å². The lowest BCUT2D eigenvalue weighted by atomic mass is 10.3. The van der Waals surface area contributed by atoms with Gasteiger partial charge in [-0.2, -0.15) is 5.10 Å². The molecule has 14 heavy (non-hydrogen) atoms. The number of hydrogen-bond acceptors (Lipinski definition) is 3. The minimum atomic E-state index is -0.383. The lowest BCUT2D eigenvalue weighted by Gasteiger charge is -1.98. The van der Waals surface area contributed by atoms with Crippen molar-refractivity contribution in [3.63, 3.8) is 0 Å². The number of esters is 1. The molecule has 2 aromatic rings. The first-order chi connectivity index (χ1) is 6.74. The van der Waals surface area contributed by atoms with E-state index in [1.807, 2.05) is 12.1 Å². The number of hydrogen-bond donors (Lipinski definition) is 0. The molecule has 2 heterocycles. The van der Waals surface area contributed by atoms with Gasteiger partial charge in [0.1, 0.15) is 5.56 Å². The number of nitrogens with zero attached hydrogens (tertiary/aromatic N) is 2. The number of aromatic nitrogens is 2. The highest BCUT2D eigenvalue weighted by atomic mass is 79.9. The van der Waals surface area contributed by atoms with Gasteiger partial charge in [0.2, 0.25) is 0 Å². The molecule has 0 saturated carbocycles. The predicted molar refractivity (Wildman–Crippen MR) is 54.2 cm³/mol. The SMILES string of the molecule is COC(=O)c1cnn2cccc(Br)c12. The lowest BCUT2D eigenvalue weighted by molar-refractivity contribution is 0.0603. The Balaban J connectivity index is 2.73. The van der Waals surface area contributed by atoms with E-state index in [0.717, 1.165) is 9.99 Å². The largest absolute Gasteiger partial charge is 0.465 e. The number of carbonyl (C=O) groups is 1. The second-order valence-corrected chi connectivity index (χ2v) is 3.55. The van der Waals surface area contributed by atoms with E-state index in [4.69, 9.17) is 0 Å². The van der Waals surface area contributed by atoms with Crippen molar-refractivity contribution in [1.29, 1.82) is 0 Å². The molecule has 0 aliphatic carbocycles. The summed E-state index contributed by atoms with van der Waals surface area (Å²) < 4.78 is 7.08. The van der Waals surface area contributed by atoms with Crippen molar-refractivity contribution in [3.8, 4) is 0 Å². The number of halogens is 1. The van der Waals surface area contributed by atoms with E-state index in [1.165, 1.54) is 13.3 Å². The highest BCUT2D eigenvalue weighted by Crippen LogP contribution is 2.21. The van der Waals surface area contributed by atoms with E-state index in [0.29, 0.717) is 5.56 Å². The molecule has 4 nitrogen and oxygen atoms in total. The van der Waals surface area contributed by atoms with E-state index in [9.17, 15) is 4.79 Å². The van der Waals surface area contributed by atoms with Crippen molar-refractivity contribution in [1.82, 2.24) is 9.61 Å². The topological polar surface area (TPSA) is 43.6 Å². The molecule has 0 atom stereocenters. The van der Waals surface area contributed by atoms with Crippen LogP contribution in [0.2, 0.25) is 0 Å². The molecule has 0 aromatic carbocycles. The molecule has 0 spiro atoms. The Labute approximate surface area is 88.6 Å². The first kappa shape index (κ1) is 9.21. The fraction of sp³-hybridized carbons (Fsp3) is 0.111. The molecule has 0 amide bonds. The maximum Gasteiger partial charge on any atom is 0.341 e. The standard InChI is InChI=1S/C9H7BrN2O2/c1-14-9(13)6-5-11-12-4-2-3-7(10)8(6)12/h2-5H,1H3. The molecule has 0 aliphatic rings. The zero-order valence-electron chi connectivity index (χ0n) is 7.40. The van der Waals surface area contributed by atoms with Crippen LogP contribution < -0.4 is 0 Å². The zero-order chi connectivity index (χ0) is 10.1. The summed E-state index contributed by atoms with van der Waals surface area (Å²) in [6.45, 7) is 0. The molecule has 2 rings (SSSR count). The average molecular weight is 255 g/mol. The third kappa shape index (κ3) is 1.29. The third-order valence-electron chi connectivity index (χ3n) is 1.90. The Kier molecular flexibility index (Phi) is 2.25. The Bertz CT molecular complexity index is 493. The van der Waals surface area contributed by atoms with E-state index in [1.54, 1.807) is 10.7 Å². The summed E-state index contributed by atoms with van der Waals surface area (Å²) in [5.74, 6) is -0.383. The van der Waals surface area contributed by atoms with E-state index in [-0.39, 0.29) is 5.97 Å². The molecule has 0 radical (unpaired) electrons. The van der Waals surface area contributed by atoms with Gasteiger partial charge in [-0.05, 0) is 28.1 Å². The maximum atomic E-state index is 11.3. The van der Waals surface area contributed by atoms with E-state index < -0.39 is 0 Å². The lowest BCUT2D eigenvalue weighted by Crippen LogP contribution is -2.00. The van der Waals surface area contributed by atoms with E-state index in [2.05, 4.69) is 25.8 Å². The molecule has 0 unspecified atom stereocenters. The molecule has 0 bridgehead atoms. The molecular weight excluding hydrogens is 248 g/mol. The molecule has 0 saturated heterocycles. The van der Waals surface area contributed by atoms with Crippen LogP contribution in [0.5, 0.6) is 0 Å². The highest BCUT2D eigenvalue weighted by molar-refractivity contribution is 9.10. The van der Waals surface area contributed by atoms with Crippen molar-refractivity contribution >= 4 is 27.4 Å². The average Bonchev–Trinajstić information content (AvgIpc) is 2.62. The van der Waals surface area contributed by atoms with E-state index >= 15 is 0 Å². The molecular formula is C9H7BrN2O2. The van der Waals surface area contributed by atoms with Gasteiger partial charge in [0.05, 0.1) is 18.8 Å². The predicted octanol–water partition coefficient (Wildman–Crippen LogP) is 1.88. The van der Waals surface area contributed by atoms with Gasteiger partial charge in [-0.3, -0.25) is 0 Å². The van der Waals surface area contributed by atoms with Crippen LogP contribution in [0.3, 0.4) is 0 Å². The number of pyridine rings is 1. The summed E-state index contributed by atoms with van der Waals surface area (Å²) >= 11 is 3.36. The summed E-state index contributed by atoms with van der Waals surface area (Å²) in [6.07, 6.45) is 3.26. The molecule has 0 aliphatic heterocycles. The van der Waals surface area contributed by atoms with Crippen LogP contribution in [0, 0.1) is 0 Å². The Morgan fingerprint density at radius 1 is 1.64 bits per heavy atom. The van der Waals surface area contributed by atoms with Crippen molar-refractivity contribution in [2.75, 3.05) is 7.11 Å². The van der Waals surface area contributed by atoms with Crippen molar-refractivity contribution in [3.05, 3.63) is 34.6 Å². The van der Waals surface area contributed by atoms with Gasteiger partial charge in [0, 0.05) is 10.7 Å². The molecule has 0 fully saturated rings. The molecule has 72 valence electrons. The fourth-order valence-electron chi connectivity index (χ4n) is 1.26. The second kappa shape index (κ2) is 3.42. The summed E-state index contributed by atoms with van der Waals surface area (Å²) in [7, 11) is 1.35. The number of methoxy groups -OCH3 is 1. The number of rotatable bonds is 1. The number of fused-ring (bicyclic) bond motifs is 1. The van der Waals surface area contributed by atoms with Crippen LogP contribution in [0.1, 0.15) is 10.4 Å². The van der Waals surface area contributed by atoms with Crippen molar-refractivity contribution in [2.45, 2.75) is 0 Å². The van der Waals surface area contributed by atoms with Crippen molar-refractivity contribution in [2.24, 2.45) is 0 Å². The highest BCUT2D eigenvalue weighted by Gasteiger charge is 2.14. The first-order valence-corrected chi connectivity index (χ1v) is 4.73. The van der Waals surface area contributed by atoms with Gasteiger partial charge in [-0.25, -0.2) is 9.31 Å². The Morgan fingerprint density at radius 3 is 3.14 bits per heavy atom. The van der Waals surface area contributed by atoms with Crippen LogP contribution in [-0.4, -0.2) is 22.7 Å². The quantitative estimate of drug-likeness (QED) is 0.731. The monoisotopic (exact) mass is 254 g/mol. The number of carbonyl (C=O) groups excluding carboxylic acids is 1. The fourth-order valence-corrected chi connectivity index (χ4v) is 1.81. The first-order valence-electron chi connectivity index (χ1n) is 3.94. The molecule has 2 aromatic heterocycles. The summed E-state index contributed by atoms with van der Waals surface area (Å²) in [5, 5.41) is 4.03. The van der Waals surface area contributed by atoms with Crippen LogP contribution in [-0.2, 0) is 4.74 Å². The van der Waals surface area contributed by atoms with Gasteiger partial charge < -0.3 is 4.74 Å². The van der Waals surface area contributed by atoms with Crippen LogP contribution >= 0.6 is 15.9 Å². The minimum absolute atomic E-state index is 0.383. The van der Waals surface area contributed by atoms with Gasteiger partial charge in [0.25, 0.3) is 0 Å². The summed E-state index contributed by atoms with van der Waals surface area (Å²) in [4.78, 5) is 11.3. The second-order valence-electron chi connectivity index (χ2n) is 2.70. The Hall–Kier alpha value is -1.36. The van der Waals surface area contributed by atoms with Crippen molar-refractivity contribution < 1.29 is 9.53 Å². The van der Waals surface area contributed by atoms with Gasteiger partial charge >= 0.3 is 5.97 Å². The number of ether oxygens (including phenoxy) is 1. The maximum absolute atomic E-state index is 11.3. The third-order valence-corrected chi connectivity index (χ3v) is 2.54. The minimum Gasteiger partial charge on any atom is -0.465 e. The summed E-state index contributed by atoms with van der Waals surface area (Å²) in [6, 6.07) is 3.69. The normalized spacial score (nSPS) is 10.4. The summed E-state index contributed by atoms with van der Waals surface area (Å²) in [5.41, 5.74) is 1.18. The zero-order valence-corrected chi connectivity index (χ0v) is 8.98. The Morgan fingerprint density at radius 2 is 2.43 bits per heavy atom. The molecule has 5 heteroatoms. The van der Waals surface area contributed by atoms with Crippen LogP contribution in [0.25, 0.3) is 5.52 Å². The van der Waals surface area contributed by atoms with Crippen LogP contribution in [0.4, 0.5) is 0 Å².